The summed E-state index contributed by atoms with van der Waals surface area (Å²) in [5, 5.41) is 8.46. The van der Waals surface area contributed by atoms with Crippen molar-refractivity contribution in [2.24, 2.45) is 7.05 Å². The lowest BCUT2D eigenvalue weighted by Crippen LogP contribution is -2.20. The number of aromatic nitrogens is 4. The van der Waals surface area contributed by atoms with Crippen molar-refractivity contribution >= 4 is 0 Å². The van der Waals surface area contributed by atoms with Gasteiger partial charge in [-0.15, -0.1) is 0 Å². The van der Waals surface area contributed by atoms with Crippen molar-refractivity contribution in [3.05, 3.63) is 53.7 Å². The Labute approximate surface area is 141 Å². The minimum Gasteiger partial charge on any atom is -0.339 e. The molecule has 2 aromatic heterocycles. The number of benzene rings is 1. The predicted molar refractivity (Wildman–Crippen MR) is 90.3 cm³/mol. The standard InChI is InChI=1S/C18H21N5O/c1-13-16(10-19-22(13)2)12-23-9-8-15(11-23)18-20-17(21-24-18)14-6-4-3-5-7-14/h3-7,10,15H,8-9,11-12H2,1-2H3/t15-/m1/s1. The molecule has 3 heterocycles. The number of hydrogen-bond acceptors (Lipinski definition) is 5. The number of rotatable bonds is 4. The molecule has 124 valence electrons. The molecular weight excluding hydrogens is 302 g/mol. The second-order valence-corrected chi connectivity index (χ2v) is 6.42. The van der Waals surface area contributed by atoms with E-state index >= 15 is 0 Å². The summed E-state index contributed by atoms with van der Waals surface area (Å²) >= 11 is 0. The molecule has 0 spiro atoms. The lowest BCUT2D eigenvalue weighted by molar-refractivity contribution is 0.308. The highest BCUT2D eigenvalue weighted by atomic mass is 16.5. The maximum atomic E-state index is 5.53. The molecule has 1 aliphatic rings. The van der Waals surface area contributed by atoms with Crippen LogP contribution in [0.15, 0.2) is 41.1 Å². The average Bonchev–Trinajstić information content (AvgIpc) is 3.33. The molecule has 0 unspecified atom stereocenters. The molecule has 0 N–H and O–H groups in total. The van der Waals surface area contributed by atoms with E-state index in [1.807, 2.05) is 48.3 Å². The van der Waals surface area contributed by atoms with Gasteiger partial charge >= 0.3 is 0 Å². The van der Waals surface area contributed by atoms with Crippen molar-refractivity contribution in [2.45, 2.75) is 25.8 Å². The molecule has 0 radical (unpaired) electrons. The van der Waals surface area contributed by atoms with Gasteiger partial charge in [-0.05, 0) is 19.9 Å². The van der Waals surface area contributed by atoms with Crippen molar-refractivity contribution in [3.63, 3.8) is 0 Å². The molecule has 4 rings (SSSR count). The maximum absolute atomic E-state index is 5.53. The van der Waals surface area contributed by atoms with E-state index in [9.17, 15) is 0 Å². The van der Waals surface area contributed by atoms with Crippen molar-refractivity contribution in [3.8, 4) is 11.4 Å². The van der Waals surface area contributed by atoms with Gasteiger partial charge in [-0.3, -0.25) is 9.58 Å². The fraction of sp³-hybridized carbons (Fsp3) is 0.389. The molecule has 0 amide bonds. The second kappa shape index (κ2) is 6.20. The van der Waals surface area contributed by atoms with E-state index in [0.717, 1.165) is 37.5 Å². The molecule has 1 aliphatic heterocycles. The van der Waals surface area contributed by atoms with Crippen LogP contribution in [-0.2, 0) is 13.6 Å². The Balaban J connectivity index is 1.44. The SMILES string of the molecule is Cc1c(CN2CC[C@@H](c3nc(-c4ccccc4)no3)C2)cnn1C. The number of nitrogens with zero attached hydrogens (tertiary/aromatic N) is 5. The topological polar surface area (TPSA) is 60.0 Å². The third-order valence-electron chi connectivity index (χ3n) is 4.83. The van der Waals surface area contributed by atoms with Crippen molar-refractivity contribution in [2.75, 3.05) is 13.1 Å². The van der Waals surface area contributed by atoms with E-state index in [0.29, 0.717) is 11.7 Å². The maximum Gasteiger partial charge on any atom is 0.231 e. The van der Waals surface area contributed by atoms with Gasteiger partial charge in [0.1, 0.15) is 0 Å². The highest BCUT2D eigenvalue weighted by molar-refractivity contribution is 5.53. The van der Waals surface area contributed by atoms with E-state index in [1.54, 1.807) is 0 Å². The second-order valence-electron chi connectivity index (χ2n) is 6.42. The Bertz CT molecular complexity index is 823. The summed E-state index contributed by atoms with van der Waals surface area (Å²) < 4.78 is 7.45. The Morgan fingerprint density at radius 2 is 2.08 bits per heavy atom. The molecule has 24 heavy (non-hydrogen) atoms. The van der Waals surface area contributed by atoms with Crippen molar-refractivity contribution < 1.29 is 4.52 Å². The number of likely N-dealkylation sites (tertiary alicyclic amines) is 1. The monoisotopic (exact) mass is 323 g/mol. The minimum absolute atomic E-state index is 0.312. The van der Waals surface area contributed by atoms with Gasteiger partial charge in [0.2, 0.25) is 11.7 Å². The normalized spacial score (nSPS) is 18.3. The van der Waals surface area contributed by atoms with Gasteiger partial charge in [0.05, 0.1) is 12.1 Å². The van der Waals surface area contributed by atoms with Crippen LogP contribution in [0.4, 0.5) is 0 Å². The van der Waals surface area contributed by atoms with Crippen LogP contribution in [0.1, 0.15) is 29.5 Å². The van der Waals surface area contributed by atoms with E-state index in [-0.39, 0.29) is 0 Å². The fourth-order valence-electron chi connectivity index (χ4n) is 3.22. The first-order valence-corrected chi connectivity index (χ1v) is 8.29. The minimum atomic E-state index is 0.312. The third kappa shape index (κ3) is 2.85. The van der Waals surface area contributed by atoms with Crippen molar-refractivity contribution in [1.29, 1.82) is 0 Å². The van der Waals surface area contributed by atoms with Crippen LogP contribution in [-0.4, -0.2) is 37.9 Å². The molecule has 6 heteroatoms. The number of hydrogen-bond donors (Lipinski definition) is 0. The summed E-state index contributed by atoms with van der Waals surface area (Å²) in [4.78, 5) is 7.04. The summed E-state index contributed by atoms with van der Waals surface area (Å²) in [7, 11) is 1.98. The van der Waals surface area contributed by atoms with Gasteiger partial charge in [-0.1, -0.05) is 35.5 Å². The highest BCUT2D eigenvalue weighted by Crippen LogP contribution is 2.28. The highest BCUT2D eigenvalue weighted by Gasteiger charge is 2.29. The third-order valence-corrected chi connectivity index (χ3v) is 4.83. The number of aryl methyl sites for hydroxylation is 1. The van der Waals surface area contributed by atoms with Gasteiger partial charge in [0.25, 0.3) is 0 Å². The largest absolute Gasteiger partial charge is 0.339 e. The lowest BCUT2D eigenvalue weighted by atomic mass is 10.1. The molecule has 1 atom stereocenters. The molecule has 0 saturated carbocycles. The van der Waals surface area contributed by atoms with E-state index in [1.165, 1.54) is 11.3 Å². The molecule has 0 bridgehead atoms. The molecule has 0 aliphatic carbocycles. The molecule has 6 nitrogen and oxygen atoms in total. The zero-order chi connectivity index (χ0) is 16.5. The van der Waals surface area contributed by atoms with E-state index in [4.69, 9.17) is 4.52 Å². The van der Waals surface area contributed by atoms with Gasteiger partial charge < -0.3 is 4.52 Å². The Morgan fingerprint density at radius 3 is 2.83 bits per heavy atom. The Morgan fingerprint density at radius 1 is 1.25 bits per heavy atom. The molecular formula is C18H21N5O. The predicted octanol–water partition coefficient (Wildman–Crippen LogP) is 2.77. The van der Waals surface area contributed by atoms with Crippen molar-refractivity contribution in [1.82, 2.24) is 24.8 Å². The zero-order valence-corrected chi connectivity index (χ0v) is 14.0. The summed E-state index contributed by atoms with van der Waals surface area (Å²) in [6.45, 7) is 5.03. The summed E-state index contributed by atoms with van der Waals surface area (Å²) in [6.07, 6.45) is 3.01. The fourth-order valence-corrected chi connectivity index (χ4v) is 3.22. The van der Waals surface area contributed by atoms with Crippen LogP contribution < -0.4 is 0 Å². The molecule has 1 fully saturated rings. The smallest absolute Gasteiger partial charge is 0.231 e. The summed E-state index contributed by atoms with van der Waals surface area (Å²) in [6, 6.07) is 9.96. The van der Waals surface area contributed by atoms with Crippen LogP contribution in [0.25, 0.3) is 11.4 Å². The lowest BCUT2D eigenvalue weighted by Gasteiger charge is -2.14. The molecule has 1 aromatic carbocycles. The van der Waals surface area contributed by atoms with Crippen LogP contribution in [0.2, 0.25) is 0 Å². The van der Waals surface area contributed by atoms with Gasteiger partial charge in [0.15, 0.2) is 0 Å². The van der Waals surface area contributed by atoms with Crippen LogP contribution in [0, 0.1) is 6.92 Å². The first-order valence-electron chi connectivity index (χ1n) is 8.29. The van der Waals surface area contributed by atoms with E-state index in [2.05, 4.69) is 27.1 Å². The zero-order valence-electron chi connectivity index (χ0n) is 14.0. The summed E-state index contributed by atoms with van der Waals surface area (Å²) in [5.74, 6) is 1.73. The van der Waals surface area contributed by atoms with Gasteiger partial charge in [-0.2, -0.15) is 10.1 Å². The average molecular weight is 323 g/mol. The summed E-state index contributed by atoms with van der Waals surface area (Å²) in [5.41, 5.74) is 3.50. The van der Waals surface area contributed by atoms with Crippen LogP contribution >= 0.6 is 0 Å². The first-order chi connectivity index (χ1) is 11.7. The Kier molecular flexibility index (Phi) is 3.90. The van der Waals surface area contributed by atoms with Crippen LogP contribution in [0.3, 0.4) is 0 Å². The first kappa shape index (κ1) is 15.1. The van der Waals surface area contributed by atoms with Gasteiger partial charge in [0, 0.05) is 37.0 Å². The van der Waals surface area contributed by atoms with Gasteiger partial charge in [-0.25, -0.2) is 0 Å². The Hall–Kier alpha value is -2.47. The molecule has 1 saturated heterocycles. The quantitative estimate of drug-likeness (QED) is 0.739. The van der Waals surface area contributed by atoms with Crippen LogP contribution in [0.5, 0.6) is 0 Å². The van der Waals surface area contributed by atoms with E-state index < -0.39 is 0 Å². The molecule has 3 aromatic rings.